The highest BCUT2D eigenvalue weighted by Gasteiger charge is 2.53. The molecular formula is C28H39O11P. The number of rotatable bonds is 15. The second-order valence-electron chi connectivity index (χ2n) is 9.68. The number of carbonyl (C=O) groups is 3. The molecule has 1 aromatic carbocycles. The Bertz CT molecular complexity index is 1060. The van der Waals surface area contributed by atoms with Crippen molar-refractivity contribution >= 4 is 25.5 Å². The zero-order chi connectivity index (χ0) is 29.7. The normalized spacial score (nSPS) is 22.6. The molecule has 12 heteroatoms. The van der Waals surface area contributed by atoms with Crippen molar-refractivity contribution in [3.8, 4) is 18.1 Å². The molecule has 2 N–H and O–H groups in total. The number of hydrogen-bond acceptors (Lipinski definition) is 9. The maximum Gasteiger partial charge on any atom is 0.325 e. The zero-order valence-corrected chi connectivity index (χ0v) is 24.0. The molecule has 40 heavy (non-hydrogen) atoms. The molecule has 0 amide bonds. The highest BCUT2D eigenvalue weighted by atomic mass is 31.2. The lowest BCUT2D eigenvalue weighted by molar-refractivity contribution is -0.283. The first-order valence-corrected chi connectivity index (χ1v) is 15.1. The van der Waals surface area contributed by atoms with Gasteiger partial charge in [-0.2, -0.15) is 0 Å². The molecule has 5 atom stereocenters. The van der Waals surface area contributed by atoms with Crippen LogP contribution in [-0.2, 0) is 44.3 Å². The van der Waals surface area contributed by atoms with E-state index in [2.05, 4.69) is 5.92 Å². The van der Waals surface area contributed by atoms with Gasteiger partial charge in [0.15, 0.2) is 12.2 Å². The maximum atomic E-state index is 12.0. The van der Waals surface area contributed by atoms with Crippen molar-refractivity contribution < 1.29 is 52.4 Å². The van der Waals surface area contributed by atoms with E-state index in [4.69, 9.17) is 30.1 Å². The fourth-order valence-electron chi connectivity index (χ4n) is 4.43. The van der Waals surface area contributed by atoms with Crippen LogP contribution in [0.5, 0.6) is 5.75 Å². The minimum atomic E-state index is -4.45. The zero-order valence-electron chi connectivity index (χ0n) is 23.2. The molecule has 11 nitrogen and oxygen atoms in total. The molecule has 0 saturated carbocycles. The number of aryl methyl sites for hydroxylation is 1. The first kappa shape index (κ1) is 33.3. The second kappa shape index (κ2) is 16.4. The van der Waals surface area contributed by atoms with E-state index in [-0.39, 0.29) is 6.42 Å². The second-order valence-corrected chi connectivity index (χ2v) is 11.5. The van der Waals surface area contributed by atoms with E-state index < -0.39 is 62.4 Å². The number of unbranched alkanes of at least 4 members (excludes halogenated alkanes) is 5. The van der Waals surface area contributed by atoms with Gasteiger partial charge in [-0.15, -0.1) is 12.3 Å². The van der Waals surface area contributed by atoms with E-state index >= 15 is 0 Å². The molecule has 0 aliphatic carbocycles. The Kier molecular flexibility index (Phi) is 13.6. The van der Waals surface area contributed by atoms with Gasteiger partial charge in [-0.1, -0.05) is 31.4 Å². The van der Waals surface area contributed by atoms with E-state index in [0.29, 0.717) is 5.75 Å². The summed E-state index contributed by atoms with van der Waals surface area (Å²) in [6.45, 7) is 3.39. The molecule has 222 valence electrons. The summed E-state index contributed by atoms with van der Waals surface area (Å²) in [6.07, 6.45) is 5.03. The molecular weight excluding hydrogens is 543 g/mol. The number of hydrogen-bond donors (Lipinski definition) is 2. The summed E-state index contributed by atoms with van der Waals surface area (Å²) in [4.78, 5) is 54.6. The van der Waals surface area contributed by atoms with Crippen LogP contribution in [0.2, 0.25) is 0 Å². The molecule has 1 fully saturated rings. The van der Waals surface area contributed by atoms with E-state index in [9.17, 15) is 28.7 Å². The van der Waals surface area contributed by atoms with Gasteiger partial charge in [0.25, 0.3) is 0 Å². The lowest BCUT2D eigenvalue weighted by Crippen LogP contribution is -2.62. The lowest BCUT2D eigenvalue weighted by Gasteiger charge is -2.44. The van der Waals surface area contributed by atoms with Crippen molar-refractivity contribution in [2.75, 3.05) is 6.16 Å². The van der Waals surface area contributed by atoms with Crippen molar-refractivity contribution in [3.05, 3.63) is 29.8 Å². The Labute approximate surface area is 235 Å². The molecule has 0 bridgehead atoms. The van der Waals surface area contributed by atoms with Crippen LogP contribution >= 0.6 is 7.60 Å². The Morgan fingerprint density at radius 2 is 1.43 bits per heavy atom. The molecule has 2 rings (SSSR count). The van der Waals surface area contributed by atoms with Gasteiger partial charge in [0.05, 0.1) is 6.16 Å². The number of ether oxygens (including phenoxy) is 5. The van der Waals surface area contributed by atoms with Crippen molar-refractivity contribution in [1.82, 2.24) is 0 Å². The topological polar surface area (TPSA) is 155 Å². The van der Waals surface area contributed by atoms with Gasteiger partial charge in [-0.3, -0.25) is 18.9 Å². The average Bonchev–Trinajstić information content (AvgIpc) is 2.85. The van der Waals surface area contributed by atoms with Gasteiger partial charge in [-0.25, -0.2) is 0 Å². The fourth-order valence-corrected chi connectivity index (χ4v) is 5.02. The number of terminal acetylenes is 1. The molecule has 0 unspecified atom stereocenters. The Hall–Kier alpha value is -2.90. The minimum Gasteiger partial charge on any atom is -0.461 e. The highest BCUT2D eigenvalue weighted by molar-refractivity contribution is 7.51. The van der Waals surface area contributed by atoms with Gasteiger partial charge in [0.1, 0.15) is 11.9 Å². The smallest absolute Gasteiger partial charge is 0.325 e. The number of benzene rings is 1. The summed E-state index contributed by atoms with van der Waals surface area (Å²) in [7, 11) is -4.45. The lowest BCUT2D eigenvalue weighted by atomic mass is 9.96. The van der Waals surface area contributed by atoms with Gasteiger partial charge in [0, 0.05) is 27.2 Å². The SMILES string of the molecule is C#CCCCCCCCc1ccc(O[C@H]2O[C@H](CCP(=O)(O)O)[C@@H](OC(C)=O)[C@H](OC(C)=O)[C@@H]2OC(C)=O)cc1. The van der Waals surface area contributed by atoms with E-state index in [1.54, 1.807) is 12.1 Å². The third-order valence-electron chi connectivity index (χ3n) is 6.16. The summed E-state index contributed by atoms with van der Waals surface area (Å²) in [5.41, 5.74) is 1.10. The number of carbonyl (C=O) groups excluding carboxylic acids is 3. The molecule has 0 radical (unpaired) electrons. The van der Waals surface area contributed by atoms with Crippen LogP contribution in [0.15, 0.2) is 24.3 Å². The summed E-state index contributed by atoms with van der Waals surface area (Å²) >= 11 is 0. The summed E-state index contributed by atoms with van der Waals surface area (Å²) in [5.74, 6) is 0.768. The van der Waals surface area contributed by atoms with Crippen LogP contribution in [0.3, 0.4) is 0 Å². The summed E-state index contributed by atoms with van der Waals surface area (Å²) in [6, 6.07) is 7.24. The minimum absolute atomic E-state index is 0.256. The van der Waals surface area contributed by atoms with Crippen molar-refractivity contribution in [2.45, 2.75) is 103 Å². The maximum absolute atomic E-state index is 12.0. The molecule has 0 spiro atoms. The third kappa shape index (κ3) is 12.1. The Morgan fingerprint density at radius 3 is 2.00 bits per heavy atom. The van der Waals surface area contributed by atoms with Gasteiger partial charge < -0.3 is 33.5 Å². The fraction of sp³-hybridized carbons (Fsp3) is 0.607. The monoisotopic (exact) mass is 582 g/mol. The van der Waals surface area contributed by atoms with Gasteiger partial charge >= 0.3 is 25.5 Å². The quantitative estimate of drug-likeness (QED) is 0.102. The van der Waals surface area contributed by atoms with Crippen LogP contribution < -0.4 is 4.74 Å². The van der Waals surface area contributed by atoms with Crippen LogP contribution in [0.4, 0.5) is 0 Å². The predicted octanol–water partition coefficient (Wildman–Crippen LogP) is 3.67. The molecule has 1 aliphatic heterocycles. The first-order valence-electron chi connectivity index (χ1n) is 13.3. The van der Waals surface area contributed by atoms with E-state index in [1.807, 2.05) is 12.1 Å². The molecule has 0 aromatic heterocycles. The van der Waals surface area contributed by atoms with Crippen LogP contribution in [-0.4, -0.2) is 64.6 Å². The Morgan fingerprint density at radius 1 is 0.875 bits per heavy atom. The first-order chi connectivity index (χ1) is 18.9. The molecule has 1 saturated heterocycles. The standard InChI is InChI=1S/C28H39O11P/c1-5-6-7-8-9-10-11-12-22-13-15-23(16-14-22)38-28-27(37-21(4)31)26(36-20(3)30)25(35-19(2)29)24(39-28)17-18-40(32,33)34/h1,13-16,24-28H,6-12,17-18H2,2-4H3,(H2,32,33,34)/t24-,25-,26+,27+,28+/m1/s1. The van der Waals surface area contributed by atoms with Crippen molar-refractivity contribution in [3.63, 3.8) is 0 Å². The van der Waals surface area contributed by atoms with Gasteiger partial charge in [0.2, 0.25) is 12.4 Å². The summed E-state index contributed by atoms with van der Waals surface area (Å²) < 4.78 is 39.6. The van der Waals surface area contributed by atoms with Gasteiger partial charge in [-0.05, 0) is 43.4 Å². The Balaban J connectivity index is 2.21. The van der Waals surface area contributed by atoms with Crippen LogP contribution in [0.1, 0.15) is 71.3 Å². The summed E-state index contributed by atoms with van der Waals surface area (Å²) in [5, 5.41) is 0. The predicted molar refractivity (Wildman–Crippen MR) is 144 cm³/mol. The highest BCUT2D eigenvalue weighted by Crippen LogP contribution is 2.39. The van der Waals surface area contributed by atoms with Crippen LogP contribution in [0.25, 0.3) is 0 Å². The van der Waals surface area contributed by atoms with Crippen molar-refractivity contribution in [1.29, 1.82) is 0 Å². The van der Waals surface area contributed by atoms with E-state index in [0.717, 1.165) is 71.3 Å². The largest absolute Gasteiger partial charge is 0.461 e. The van der Waals surface area contributed by atoms with Crippen LogP contribution in [0, 0.1) is 12.3 Å². The molecule has 1 heterocycles. The number of esters is 3. The van der Waals surface area contributed by atoms with E-state index in [1.165, 1.54) is 0 Å². The third-order valence-corrected chi connectivity index (χ3v) is 7.01. The average molecular weight is 583 g/mol. The van der Waals surface area contributed by atoms with Crippen molar-refractivity contribution in [2.24, 2.45) is 0 Å². The molecule has 1 aromatic rings. The molecule has 1 aliphatic rings.